The number of carbonyl (C=O) groups excluding carboxylic acids is 3. The Bertz CT molecular complexity index is 525. The first kappa shape index (κ1) is 16.0. The Morgan fingerprint density at radius 3 is 2.70 bits per heavy atom. The number of imide groups is 1. The summed E-state index contributed by atoms with van der Waals surface area (Å²) in [5, 5.41) is 0. The highest BCUT2D eigenvalue weighted by Gasteiger charge is 2.47. The van der Waals surface area contributed by atoms with E-state index < -0.39 is 6.04 Å². The van der Waals surface area contributed by atoms with Crippen molar-refractivity contribution in [3.05, 3.63) is 12.2 Å². The molecule has 2 heterocycles. The van der Waals surface area contributed by atoms with Gasteiger partial charge in [0, 0.05) is 26.1 Å². The minimum absolute atomic E-state index is 0.00153. The predicted octanol–water partition coefficient (Wildman–Crippen LogP) is 0.464. The number of amides is 4. The first-order valence-electron chi connectivity index (χ1n) is 8.18. The SMILES string of the molecule is COCCN1C(=O)C2CN(C(=O)C3CC=CC3)CCCN2C1=O. The first-order valence-corrected chi connectivity index (χ1v) is 8.18. The zero-order chi connectivity index (χ0) is 16.4. The molecule has 1 atom stereocenters. The second kappa shape index (κ2) is 6.70. The maximum atomic E-state index is 12.6. The number of hydrogen-bond donors (Lipinski definition) is 0. The van der Waals surface area contributed by atoms with Crippen LogP contribution in [0.3, 0.4) is 0 Å². The molecule has 7 nitrogen and oxygen atoms in total. The highest BCUT2D eigenvalue weighted by Crippen LogP contribution is 2.25. The zero-order valence-electron chi connectivity index (χ0n) is 13.4. The molecule has 0 N–H and O–H groups in total. The molecule has 3 aliphatic rings. The number of allylic oxidation sites excluding steroid dienone is 2. The van der Waals surface area contributed by atoms with Gasteiger partial charge in [0.15, 0.2) is 0 Å². The fourth-order valence-corrected chi connectivity index (χ4v) is 3.52. The molecule has 3 rings (SSSR count). The monoisotopic (exact) mass is 321 g/mol. The number of methoxy groups -OCH3 is 1. The summed E-state index contributed by atoms with van der Waals surface area (Å²) in [7, 11) is 1.54. The Kier molecular flexibility index (Phi) is 4.66. The Hall–Kier alpha value is -1.89. The summed E-state index contributed by atoms with van der Waals surface area (Å²) in [6, 6.07) is -0.797. The van der Waals surface area contributed by atoms with Gasteiger partial charge in [-0.05, 0) is 19.3 Å². The number of nitrogens with zero attached hydrogens (tertiary/aromatic N) is 3. The van der Waals surface area contributed by atoms with E-state index in [-0.39, 0.29) is 30.3 Å². The molecule has 4 amide bonds. The molecule has 0 saturated carbocycles. The smallest absolute Gasteiger partial charge is 0.327 e. The van der Waals surface area contributed by atoms with Crippen molar-refractivity contribution in [3.63, 3.8) is 0 Å². The quantitative estimate of drug-likeness (QED) is 0.557. The number of carbonyl (C=O) groups is 3. The predicted molar refractivity (Wildman–Crippen MR) is 82.5 cm³/mol. The van der Waals surface area contributed by atoms with Gasteiger partial charge in [0.2, 0.25) is 5.91 Å². The minimum atomic E-state index is -0.542. The van der Waals surface area contributed by atoms with E-state index in [1.54, 1.807) is 16.9 Å². The van der Waals surface area contributed by atoms with Gasteiger partial charge < -0.3 is 14.5 Å². The third-order valence-corrected chi connectivity index (χ3v) is 4.81. The van der Waals surface area contributed by atoms with Crippen molar-refractivity contribution in [1.29, 1.82) is 0 Å². The van der Waals surface area contributed by atoms with Gasteiger partial charge in [0.05, 0.1) is 19.7 Å². The molecule has 126 valence electrons. The molecular formula is C16H23N3O4. The standard InChI is InChI=1S/C16H23N3O4/c1-23-10-9-19-15(21)13-11-17(7-4-8-18(13)16(19)22)14(20)12-5-2-3-6-12/h2-3,12-13H,4-11H2,1H3. The Morgan fingerprint density at radius 2 is 2.00 bits per heavy atom. The molecule has 2 saturated heterocycles. The van der Waals surface area contributed by atoms with Crippen LogP contribution in [0.1, 0.15) is 19.3 Å². The van der Waals surface area contributed by atoms with Crippen LogP contribution in [0.25, 0.3) is 0 Å². The molecular weight excluding hydrogens is 298 g/mol. The van der Waals surface area contributed by atoms with E-state index in [1.165, 1.54) is 4.90 Å². The van der Waals surface area contributed by atoms with Gasteiger partial charge in [-0.1, -0.05) is 12.2 Å². The van der Waals surface area contributed by atoms with Gasteiger partial charge in [0.25, 0.3) is 5.91 Å². The molecule has 2 fully saturated rings. The summed E-state index contributed by atoms with van der Waals surface area (Å²) in [6.07, 6.45) is 6.32. The van der Waals surface area contributed by atoms with Crippen LogP contribution >= 0.6 is 0 Å². The molecule has 1 aliphatic carbocycles. The highest BCUT2D eigenvalue weighted by atomic mass is 16.5. The van der Waals surface area contributed by atoms with Crippen molar-refractivity contribution in [2.45, 2.75) is 25.3 Å². The number of fused-ring (bicyclic) bond motifs is 1. The van der Waals surface area contributed by atoms with Crippen molar-refractivity contribution in [1.82, 2.24) is 14.7 Å². The second-order valence-corrected chi connectivity index (χ2v) is 6.25. The largest absolute Gasteiger partial charge is 0.383 e. The number of urea groups is 1. The molecule has 0 aromatic rings. The van der Waals surface area contributed by atoms with Gasteiger partial charge in [-0.3, -0.25) is 14.5 Å². The van der Waals surface area contributed by atoms with E-state index in [9.17, 15) is 14.4 Å². The van der Waals surface area contributed by atoms with Gasteiger partial charge in [-0.15, -0.1) is 0 Å². The second-order valence-electron chi connectivity index (χ2n) is 6.25. The van der Waals surface area contributed by atoms with E-state index in [1.807, 2.05) is 12.2 Å². The molecule has 1 unspecified atom stereocenters. The Balaban J connectivity index is 1.70. The Morgan fingerprint density at radius 1 is 1.26 bits per heavy atom. The average Bonchev–Trinajstić information content (AvgIpc) is 3.07. The van der Waals surface area contributed by atoms with Crippen molar-refractivity contribution < 1.29 is 19.1 Å². The van der Waals surface area contributed by atoms with Crippen LogP contribution in [-0.4, -0.2) is 78.5 Å². The van der Waals surface area contributed by atoms with E-state index >= 15 is 0 Å². The normalized spacial score (nSPS) is 25.3. The van der Waals surface area contributed by atoms with Gasteiger partial charge in [-0.25, -0.2) is 4.79 Å². The third kappa shape index (κ3) is 2.97. The zero-order valence-corrected chi connectivity index (χ0v) is 13.4. The molecule has 0 radical (unpaired) electrons. The van der Waals surface area contributed by atoms with Crippen molar-refractivity contribution in [2.75, 3.05) is 39.9 Å². The summed E-state index contributed by atoms with van der Waals surface area (Å²) in [5.41, 5.74) is 0. The molecule has 7 heteroatoms. The lowest BCUT2D eigenvalue weighted by Gasteiger charge is -2.26. The van der Waals surface area contributed by atoms with Crippen LogP contribution < -0.4 is 0 Å². The van der Waals surface area contributed by atoms with Crippen LogP contribution in [-0.2, 0) is 14.3 Å². The topological polar surface area (TPSA) is 70.2 Å². The van der Waals surface area contributed by atoms with E-state index in [0.29, 0.717) is 32.7 Å². The van der Waals surface area contributed by atoms with Crippen LogP contribution in [0.4, 0.5) is 4.79 Å². The van der Waals surface area contributed by atoms with Gasteiger partial charge >= 0.3 is 6.03 Å². The summed E-state index contributed by atoms with van der Waals surface area (Å²) >= 11 is 0. The summed E-state index contributed by atoms with van der Waals surface area (Å²) < 4.78 is 4.97. The molecule has 0 aromatic carbocycles. The van der Waals surface area contributed by atoms with E-state index in [4.69, 9.17) is 4.74 Å². The highest BCUT2D eigenvalue weighted by molar-refractivity contribution is 6.04. The minimum Gasteiger partial charge on any atom is -0.383 e. The van der Waals surface area contributed by atoms with Crippen LogP contribution in [0.15, 0.2) is 12.2 Å². The molecule has 0 spiro atoms. The van der Waals surface area contributed by atoms with Gasteiger partial charge in [0.1, 0.15) is 6.04 Å². The van der Waals surface area contributed by atoms with E-state index in [2.05, 4.69) is 0 Å². The molecule has 2 aliphatic heterocycles. The maximum absolute atomic E-state index is 12.6. The lowest BCUT2D eigenvalue weighted by molar-refractivity contribution is -0.136. The number of ether oxygens (including phenoxy) is 1. The average molecular weight is 321 g/mol. The van der Waals surface area contributed by atoms with Crippen LogP contribution in [0, 0.1) is 5.92 Å². The Labute approximate surface area is 135 Å². The van der Waals surface area contributed by atoms with E-state index in [0.717, 1.165) is 12.8 Å². The molecule has 23 heavy (non-hydrogen) atoms. The maximum Gasteiger partial charge on any atom is 0.327 e. The van der Waals surface area contributed by atoms with Crippen LogP contribution in [0.2, 0.25) is 0 Å². The van der Waals surface area contributed by atoms with Crippen LogP contribution in [0.5, 0.6) is 0 Å². The fraction of sp³-hybridized carbons (Fsp3) is 0.688. The van der Waals surface area contributed by atoms with Gasteiger partial charge in [-0.2, -0.15) is 0 Å². The summed E-state index contributed by atoms with van der Waals surface area (Å²) in [4.78, 5) is 42.2. The summed E-state index contributed by atoms with van der Waals surface area (Å²) in [6.45, 7) is 2.03. The fourth-order valence-electron chi connectivity index (χ4n) is 3.52. The summed E-state index contributed by atoms with van der Waals surface area (Å²) in [5.74, 6) is -0.109. The molecule has 0 aromatic heterocycles. The van der Waals surface area contributed by atoms with Crippen molar-refractivity contribution >= 4 is 17.8 Å². The van der Waals surface area contributed by atoms with Crippen molar-refractivity contribution in [3.8, 4) is 0 Å². The number of rotatable bonds is 4. The third-order valence-electron chi connectivity index (χ3n) is 4.81. The number of hydrogen-bond acceptors (Lipinski definition) is 4. The first-order chi connectivity index (χ1) is 11.1. The lowest BCUT2D eigenvalue weighted by atomic mass is 10.1. The molecule has 0 bridgehead atoms. The lowest BCUT2D eigenvalue weighted by Crippen LogP contribution is -2.45. The van der Waals surface area contributed by atoms with Crippen molar-refractivity contribution in [2.24, 2.45) is 5.92 Å².